The molecule has 1 atom stereocenters. The molecule has 0 unspecified atom stereocenters. The van der Waals surface area contributed by atoms with E-state index >= 15 is 0 Å². The van der Waals surface area contributed by atoms with Crippen molar-refractivity contribution in [2.24, 2.45) is 12.8 Å². The highest BCUT2D eigenvalue weighted by Gasteiger charge is 2.08. The maximum atomic E-state index is 8.62. The Hall–Kier alpha value is -0.360. The van der Waals surface area contributed by atoms with Crippen molar-refractivity contribution < 1.29 is 5.11 Å². The van der Waals surface area contributed by atoms with Crippen molar-refractivity contribution in [1.82, 2.24) is 14.8 Å². The maximum absolute atomic E-state index is 8.62. The molecule has 7 heteroatoms. The van der Waals surface area contributed by atoms with Gasteiger partial charge in [-0.2, -0.15) is 5.10 Å². The number of rotatable bonds is 2. The Balaban J connectivity index is 0. The summed E-state index contributed by atoms with van der Waals surface area (Å²) in [5.41, 5.74) is 5.47. The highest BCUT2D eigenvalue weighted by atomic mass is 35.5. The molecule has 1 aromatic rings. The second kappa shape index (κ2) is 6.19. The van der Waals surface area contributed by atoms with Crippen molar-refractivity contribution in [1.29, 1.82) is 0 Å². The van der Waals surface area contributed by atoms with Gasteiger partial charge < -0.3 is 10.8 Å². The van der Waals surface area contributed by atoms with Gasteiger partial charge in [0.2, 0.25) is 0 Å². The third-order valence-electron chi connectivity index (χ3n) is 1.27. The third kappa shape index (κ3) is 2.94. The topological polar surface area (TPSA) is 77.0 Å². The molecule has 0 amide bonds. The van der Waals surface area contributed by atoms with Gasteiger partial charge in [-0.05, 0) is 0 Å². The second-order valence-electron chi connectivity index (χ2n) is 2.03. The Morgan fingerprint density at radius 2 is 2.25 bits per heavy atom. The molecular weight excluding hydrogens is 203 g/mol. The molecule has 0 saturated heterocycles. The molecule has 0 aromatic carbocycles. The smallest absolute Gasteiger partial charge is 0.145 e. The average Bonchev–Trinajstić information content (AvgIpc) is 2.34. The fourth-order valence-corrected chi connectivity index (χ4v) is 0.723. The SMILES string of the molecule is Cl.Cl.Cn1ncnc1[C@@H](N)CO. The summed E-state index contributed by atoms with van der Waals surface area (Å²) in [5, 5.41) is 12.4. The summed E-state index contributed by atoms with van der Waals surface area (Å²) in [6.45, 7) is -0.105. The molecule has 0 bridgehead atoms. The van der Waals surface area contributed by atoms with Crippen LogP contribution in [0.5, 0.6) is 0 Å². The Morgan fingerprint density at radius 1 is 1.67 bits per heavy atom. The fraction of sp³-hybridized carbons (Fsp3) is 0.600. The van der Waals surface area contributed by atoms with Gasteiger partial charge in [0.15, 0.2) is 0 Å². The Kier molecular flexibility index (Phi) is 7.31. The van der Waals surface area contributed by atoms with Crippen molar-refractivity contribution in [2.45, 2.75) is 6.04 Å². The molecule has 72 valence electrons. The van der Waals surface area contributed by atoms with Crippen LogP contribution in [-0.2, 0) is 7.05 Å². The third-order valence-corrected chi connectivity index (χ3v) is 1.27. The zero-order valence-electron chi connectivity index (χ0n) is 6.54. The lowest BCUT2D eigenvalue weighted by molar-refractivity contribution is 0.260. The number of hydrogen-bond acceptors (Lipinski definition) is 4. The van der Waals surface area contributed by atoms with Gasteiger partial charge >= 0.3 is 0 Å². The van der Waals surface area contributed by atoms with E-state index in [-0.39, 0.29) is 31.4 Å². The van der Waals surface area contributed by atoms with Gasteiger partial charge in [0.25, 0.3) is 0 Å². The number of aliphatic hydroxyl groups is 1. The molecule has 0 radical (unpaired) electrons. The van der Waals surface area contributed by atoms with Gasteiger partial charge in [0.1, 0.15) is 12.2 Å². The van der Waals surface area contributed by atoms with Crippen LogP contribution in [0.3, 0.4) is 0 Å². The predicted octanol–water partition coefficient (Wildman–Crippen LogP) is -0.349. The second-order valence-corrected chi connectivity index (χ2v) is 2.03. The van der Waals surface area contributed by atoms with E-state index in [4.69, 9.17) is 10.8 Å². The van der Waals surface area contributed by atoms with E-state index in [0.29, 0.717) is 5.82 Å². The lowest BCUT2D eigenvalue weighted by Gasteiger charge is -2.04. The molecule has 0 aliphatic rings. The van der Waals surface area contributed by atoms with E-state index in [2.05, 4.69) is 10.1 Å². The number of aliphatic hydroxyl groups excluding tert-OH is 1. The molecule has 0 fully saturated rings. The molecule has 5 nitrogen and oxygen atoms in total. The predicted molar refractivity (Wildman–Crippen MR) is 49.5 cm³/mol. The first kappa shape index (κ1) is 14.2. The zero-order valence-corrected chi connectivity index (χ0v) is 8.18. The van der Waals surface area contributed by atoms with E-state index < -0.39 is 6.04 Å². The summed E-state index contributed by atoms with van der Waals surface area (Å²) in [6, 6.07) is -0.424. The number of aromatic nitrogens is 3. The maximum Gasteiger partial charge on any atom is 0.145 e. The van der Waals surface area contributed by atoms with Crippen LogP contribution in [0.2, 0.25) is 0 Å². The van der Waals surface area contributed by atoms with Gasteiger partial charge in [-0.3, -0.25) is 4.68 Å². The van der Waals surface area contributed by atoms with Crippen LogP contribution < -0.4 is 5.73 Å². The van der Waals surface area contributed by atoms with Crippen molar-refractivity contribution >= 4 is 24.8 Å². The van der Waals surface area contributed by atoms with Crippen molar-refractivity contribution in [3.8, 4) is 0 Å². The highest BCUT2D eigenvalue weighted by Crippen LogP contribution is 2.01. The first-order valence-electron chi connectivity index (χ1n) is 2.96. The molecule has 0 spiro atoms. The summed E-state index contributed by atoms with van der Waals surface area (Å²) < 4.78 is 1.54. The van der Waals surface area contributed by atoms with E-state index in [0.717, 1.165) is 0 Å². The Bertz CT molecular complexity index is 217. The molecule has 1 aromatic heterocycles. The Labute approximate surface area is 82.8 Å². The summed E-state index contributed by atoms with van der Waals surface area (Å²) in [5.74, 6) is 0.600. The molecule has 0 aliphatic heterocycles. The Morgan fingerprint density at radius 3 is 2.58 bits per heavy atom. The fourth-order valence-electron chi connectivity index (χ4n) is 0.723. The van der Waals surface area contributed by atoms with E-state index in [1.165, 1.54) is 6.33 Å². The molecule has 1 heterocycles. The highest BCUT2D eigenvalue weighted by molar-refractivity contribution is 5.85. The number of nitrogens with two attached hydrogens (primary N) is 1. The van der Waals surface area contributed by atoms with Gasteiger partial charge in [0.05, 0.1) is 12.6 Å². The number of halogens is 2. The van der Waals surface area contributed by atoms with Gasteiger partial charge in [-0.25, -0.2) is 4.98 Å². The standard InChI is InChI=1S/C5H10N4O.2ClH/c1-9-5(4(6)2-10)7-3-8-9;;/h3-4,10H,2,6H2,1H3;2*1H/t4-;;/m0../s1. The molecule has 3 N–H and O–H groups in total. The minimum Gasteiger partial charge on any atom is -0.394 e. The zero-order chi connectivity index (χ0) is 7.56. The van der Waals surface area contributed by atoms with Crippen LogP contribution in [0.1, 0.15) is 11.9 Å². The van der Waals surface area contributed by atoms with E-state index in [9.17, 15) is 0 Å². The average molecular weight is 215 g/mol. The number of aryl methyl sites for hydroxylation is 1. The molecule has 1 rings (SSSR count). The summed E-state index contributed by atoms with van der Waals surface area (Å²) in [4.78, 5) is 3.85. The molecule has 0 saturated carbocycles. The monoisotopic (exact) mass is 214 g/mol. The van der Waals surface area contributed by atoms with Gasteiger partial charge in [-0.15, -0.1) is 24.8 Å². The first-order valence-corrected chi connectivity index (χ1v) is 2.96. The number of hydrogen-bond donors (Lipinski definition) is 2. The summed E-state index contributed by atoms with van der Waals surface area (Å²) >= 11 is 0. The largest absolute Gasteiger partial charge is 0.394 e. The van der Waals surface area contributed by atoms with Crippen molar-refractivity contribution in [3.63, 3.8) is 0 Å². The lowest BCUT2D eigenvalue weighted by Crippen LogP contribution is -2.19. The van der Waals surface area contributed by atoms with Crippen LogP contribution in [0.25, 0.3) is 0 Å². The van der Waals surface area contributed by atoms with Crippen molar-refractivity contribution in [2.75, 3.05) is 6.61 Å². The summed E-state index contributed by atoms with van der Waals surface area (Å²) in [7, 11) is 1.73. The first-order chi connectivity index (χ1) is 4.75. The van der Waals surface area contributed by atoms with Gasteiger partial charge in [-0.1, -0.05) is 0 Å². The van der Waals surface area contributed by atoms with Crippen LogP contribution >= 0.6 is 24.8 Å². The van der Waals surface area contributed by atoms with Crippen molar-refractivity contribution in [3.05, 3.63) is 12.2 Å². The molecular formula is C5H12Cl2N4O. The molecule has 12 heavy (non-hydrogen) atoms. The molecule has 0 aliphatic carbocycles. The van der Waals surface area contributed by atoms with E-state index in [1.807, 2.05) is 0 Å². The minimum absolute atomic E-state index is 0. The van der Waals surface area contributed by atoms with Crippen LogP contribution in [-0.4, -0.2) is 26.5 Å². The minimum atomic E-state index is -0.424. The van der Waals surface area contributed by atoms with Crippen LogP contribution in [0, 0.1) is 0 Å². The number of nitrogens with zero attached hydrogens (tertiary/aromatic N) is 3. The van der Waals surface area contributed by atoms with E-state index in [1.54, 1.807) is 11.7 Å². The van der Waals surface area contributed by atoms with Gasteiger partial charge in [0, 0.05) is 7.05 Å². The normalized spacial score (nSPS) is 11.2. The lowest BCUT2D eigenvalue weighted by atomic mass is 10.3. The quantitative estimate of drug-likeness (QED) is 0.706. The van der Waals surface area contributed by atoms with Crippen LogP contribution in [0.4, 0.5) is 0 Å². The van der Waals surface area contributed by atoms with Crippen LogP contribution in [0.15, 0.2) is 6.33 Å². The summed E-state index contributed by atoms with van der Waals surface area (Å²) in [6.07, 6.45) is 1.41.